The Balaban J connectivity index is 1.15. The van der Waals surface area contributed by atoms with Gasteiger partial charge in [-0.15, -0.1) is 0 Å². The van der Waals surface area contributed by atoms with Gasteiger partial charge in [-0.3, -0.25) is 0 Å². The normalized spacial score (nSPS) is 16.1. The summed E-state index contributed by atoms with van der Waals surface area (Å²) in [5.41, 5.74) is 11.0. The summed E-state index contributed by atoms with van der Waals surface area (Å²) in [6, 6.07) is 71.9. The van der Waals surface area contributed by atoms with Gasteiger partial charge in [-0.25, -0.2) is 0 Å². The molecule has 0 bridgehead atoms. The maximum atomic E-state index is 6.13. The summed E-state index contributed by atoms with van der Waals surface area (Å²) in [5.74, 6) is 0. The molecule has 8 aromatic carbocycles. The molecule has 254 valence electrons. The molecule has 10 rings (SSSR count). The zero-order valence-electron chi connectivity index (χ0n) is 28.9. The average molecular weight is 795 g/mol. The molecular weight excluding hydrogens is 759 g/mol. The Kier molecular flexibility index (Phi) is 7.58. The molecule has 1 atom stereocenters. The molecule has 0 amide bonds. The second-order valence-corrected chi connectivity index (χ2v) is 20.7. The molecule has 9 aromatic rings. The Morgan fingerprint density at radius 1 is 0.434 bits per heavy atom. The number of hydrogen-bond donors (Lipinski definition) is 0. The molecule has 4 heteroatoms. The summed E-state index contributed by atoms with van der Waals surface area (Å²) >= 11 is -3.38. The number of anilines is 6. The molecule has 1 aliphatic rings. The van der Waals surface area contributed by atoms with Gasteiger partial charge in [-0.1, -0.05) is 0 Å². The van der Waals surface area contributed by atoms with E-state index in [-0.39, 0.29) is 0 Å². The number of hydrogen-bond acceptors (Lipinski definition) is 3. The van der Waals surface area contributed by atoms with Gasteiger partial charge >= 0.3 is 315 Å². The van der Waals surface area contributed by atoms with E-state index in [2.05, 4.69) is 198 Å². The summed E-state index contributed by atoms with van der Waals surface area (Å²) in [5, 5.41) is 2.28. The summed E-state index contributed by atoms with van der Waals surface area (Å²) < 4.78 is 15.4. The van der Waals surface area contributed by atoms with E-state index in [0.29, 0.717) is 0 Å². The van der Waals surface area contributed by atoms with Crippen molar-refractivity contribution in [3.05, 3.63) is 211 Å². The van der Waals surface area contributed by atoms with E-state index < -0.39 is 18.0 Å². The van der Waals surface area contributed by atoms with Crippen LogP contribution in [0.25, 0.3) is 33.1 Å². The van der Waals surface area contributed by atoms with Crippen LogP contribution < -0.4 is 9.80 Å². The second kappa shape index (κ2) is 12.8. The predicted octanol–water partition coefficient (Wildman–Crippen LogP) is 13.9. The molecule has 0 saturated heterocycles. The molecule has 0 spiro atoms. The third-order valence-electron chi connectivity index (χ3n) is 10.2. The zero-order chi connectivity index (χ0) is 35.4. The van der Waals surface area contributed by atoms with Crippen molar-refractivity contribution in [2.75, 3.05) is 9.80 Å². The summed E-state index contributed by atoms with van der Waals surface area (Å²) in [7, 11) is 0. The SMILES string of the molecule is C=I1(c2ccc(-c3ccc4oc5ccccc5c4c3)cc2)c2ccccc2N(c2ccccc2)c2cc(N(c3ccccc3)c3ccccc3)ccc21. The van der Waals surface area contributed by atoms with E-state index in [1.807, 2.05) is 12.1 Å². The van der Waals surface area contributed by atoms with E-state index in [4.69, 9.17) is 8.93 Å². The van der Waals surface area contributed by atoms with Crippen LogP contribution in [0.2, 0.25) is 0 Å². The van der Waals surface area contributed by atoms with Crippen LogP contribution in [0.4, 0.5) is 34.1 Å². The van der Waals surface area contributed by atoms with Gasteiger partial charge in [0.05, 0.1) is 0 Å². The standard InChI is InChI=1S/C49H35IN2O/c1-50(37-28-25-35(26-29-37)36-27-32-49-43(33-36)42-21-11-14-24-48(42)53-49)44-22-12-13-23-46(44)52(40-19-9-4-10-20-40)47-34-41(30-31-45(47)50)51(38-15-5-2-6-16-38)39-17-7-3-8-18-39/h2-34H,1H2. The maximum absolute atomic E-state index is 6.13. The summed E-state index contributed by atoms with van der Waals surface area (Å²) in [6.45, 7) is 0. The van der Waals surface area contributed by atoms with Crippen LogP contribution in [-0.4, -0.2) is 4.51 Å². The molecule has 3 nitrogen and oxygen atoms in total. The Hall–Kier alpha value is -6.24. The number of halogens is 1. The molecule has 0 fully saturated rings. The van der Waals surface area contributed by atoms with Gasteiger partial charge in [-0.05, 0) is 0 Å². The summed E-state index contributed by atoms with van der Waals surface area (Å²) in [6.07, 6.45) is 0. The van der Waals surface area contributed by atoms with Crippen molar-refractivity contribution in [1.29, 1.82) is 0 Å². The van der Waals surface area contributed by atoms with Gasteiger partial charge in [0.15, 0.2) is 0 Å². The van der Waals surface area contributed by atoms with Gasteiger partial charge in [0, 0.05) is 0 Å². The van der Waals surface area contributed by atoms with E-state index >= 15 is 0 Å². The first kappa shape index (κ1) is 31.5. The molecule has 1 aliphatic heterocycles. The molecule has 0 aliphatic carbocycles. The molecule has 1 aromatic heterocycles. The fraction of sp³-hybridized carbons (Fsp3) is 0. The first-order valence-electron chi connectivity index (χ1n) is 17.8. The van der Waals surface area contributed by atoms with E-state index in [0.717, 1.165) is 44.7 Å². The summed E-state index contributed by atoms with van der Waals surface area (Å²) in [4.78, 5) is 4.78. The number of benzene rings is 8. The predicted molar refractivity (Wildman–Crippen MR) is 232 cm³/mol. The van der Waals surface area contributed by atoms with Gasteiger partial charge in [0.1, 0.15) is 0 Å². The van der Waals surface area contributed by atoms with Crippen LogP contribution in [-0.2, 0) is 0 Å². The number of furan rings is 1. The van der Waals surface area contributed by atoms with Crippen molar-refractivity contribution >= 4 is 78.5 Å². The van der Waals surface area contributed by atoms with Crippen LogP contribution in [0, 0.1) is 10.7 Å². The first-order valence-corrected chi connectivity index (χ1v) is 22.5. The van der Waals surface area contributed by atoms with E-state index in [1.54, 1.807) is 0 Å². The van der Waals surface area contributed by atoms with Crippen molar-refractivity contribution in [2.45, 2.75) is 0 Å². The van der Waals surface area contributed by atoms with E-state index in [9.17, 15) is 0 Å². The molecule has 0 N–H and O–H groups in total. The van der Waals surface area contributed by atoms with Crippen LogP contribution in [0.15, 0.2) is 205 Å². The van der Waals surface area contributed by atoms with Crippen LogP contribution in [0.3, 0.4) is 0 Å². The molecule has 0 saturated carbocycles. The van der Waals surface area contributed by atoms with Crippen molar-refractivity contribution in [1.82, 2.24) is 0 Å². The van der Waals surface area contributed by atoms with Gasteiger partial charge in [0.25, 0.3) is 0 Å². The van der Waals surface area contributed by atoms with Crippen molar-refractivity contribution in [3.63, 3.8) is 0 Å². The minimum atomic E-state index is -3.38. The molecular formula is C49H35IN2O. The van der Waals surface area contributed by atoms with Gasteiger partial charge in [0.2, 0.25) is 0 Å². The molecule has 2 heterocycles. The van der Waals surface area contributed by atoms with Crippen molar-refractivity contribution in [3.8, 4) is 11.1 Å². The van der Waals surface area contributed by atoms with Gasteiger partial charge < -0.3 is 0 Å². The molecule has 0 radical (unpaired) electrons. The first-order chi connectivity index (χ1) is 26.2. The number of para-hydroxylation sites is 5. The monoisotopic (exact) mass is 794 g/mol. The quantitative estimate of drug-likeness (QED) is 0.156. The third-order valence-corrected chi connectivity index (χ3v) is 18.8. The van der Waals surface area contributed by atoms with Crippen LogP contribution in [0.5, 0.6) is 0 Å². The number of rotatable bonds is 6. The Morgan fingerprint density at radius 2 is 1.02 bits per heavy atom. The van der Waals surface area contributed by atoms with Crippen LogP contribution in [0.1, 0.15) is 0 Å². The second-order valence-electron chi connectivity index (χ2n) is 13.3. The fourth-order valence-corrected chi connectivity index (χ4v) is 15.6. The number of fused-ring (bicyclic) bond motifs is 5. The van der Waals surface area contributed by atoms with Crippen molar-refractivity contribution in [2.24, 2.45) is 0 Å². The van der Waals surface area contributed by atoms with E-state index in [1.165, 1.54) is 33.2 Å². The third kappa shape index (κ3) is 5.20. The molecule has 1 unspecified atom stereocenters. The topological polar surface area (TPSA) is 19.6 Å². The van der Waals surface area contributed by atoms with Crippen molar-refractivity contribution < 1.29 is 4.42 Å². The Bertz CT molecular complexity index is 2770. The Labute approximate surface area is 313 Å². The zero-order valence-corrected chi connectivity index (χ0v) is 31.1. The van der Waals surface area contributed by atoms with Gasteiger partial charge in [-0.2, -0.15) is 0 Å². The Morgan fingerprint density at radius 3 is 1.75 bits per heavy atom. The minimum absolute atomic E-state index is 0.911. The number of nitrogens with zero attached hydrogens (tertiary/aromatic N) is 2. The average Bonchev–Trinajstić information content (AvgIpc) is 3.60. The molecule has 53 heavy (non-hydrogen) atoms. The van der Waals surface area contributed by atoms with Crippen LogP contribution >= 0.6 is 18.0 Å². The fourth-order valence-electron chi connectivity index (χ4n) is 7.68.